The van der Waals surface area contributed by atoms with Crippen LogP contribution in [0.1, 0.15) is 35.7 Å². The van der Waals surface area contributed by atoms with Crippen LogP contribution >= 0.6 is 0 Å². The molecule has 3 amide bonds. The lowest BCUT2D eigenvalue weighted by molar-refractivity contribution is -0.125. The summed E-state index contributed by atoms with van der Waals surface area (Å²) in [5.74, 6) is -0.952. The number of hydrogen-bond acceptors (Lipinski definition) is 4. The number of carbonyl (C=O) groups is 3. The first-order valence-electron chi connectivity index (χ1n) is 10.4. The lowest BCUT2D eigenvalue weighted by atomic mass is 10.1. The van der Waals surface area contributed by atoms with Crippen LogP contribution in [0.25, 0.3) is 0 Å². The van der Waals surface area contributed by atoms with Crippen LogP contribution in [0, 0.1) is 5.82 Å². The van der Waals surface area contributed by atoms with Gasteiger partial charge in [0.05, 0.1) is 17.9 Å². The van der Waals surface area contributed by atoms with Crippen molar-refractivity contribution in [2.45, 2.75) is 32.4 Å². The Hall–Kier alpha value is -3.42. The topological polar surface area (TPSA) is 79.0 Å². The first-order chi connectivity index (χ1) is 15.0. The molecule has 8 heteroatoms. The maximum Gasteiger partial charge on any atom is 0.256 e. The van der Waals surface area contributed by atoms with Crippen LogP contribution in [0.3, 0.4) is 0 Å². The number of anilines is 1. The van der Waals surface area contributed by atoms with E-state index in [4.69, 9.17) is 4.74 Å². The molecule has 0 bridgehead atoms. The second-order valence-electron chi connectivity index (χ2n) is 7.56. The predicted molar refractivity (Wildman–Crippen MR) is 112 cm³/mol. The summed E-state index contributed by atoms with van der Waals surface area (Å²) in [5, 5.41) is 2.81. The van der Waals surface area contributed by atoms with Gasteiger partial charge in [0, 0.05) is 18.7 Å². The Bertz CT molecular complexity index is 1030. The third-order valence-corrected chi connectivity index (χ3v) is 5.59. The van der Waals surface area contributed by atoms with Gasteiger partial charge in [-0.2, -0.15) is 0 Å². The lowest BCUT2D eigenvalue weighted by Crippen LogP contribution is -2.48. The van der Waals surface area contributed by atoms with Gasteiger partial charge in [0.2, 0.25) is 11.8 Å². The van der Waals surface area contributed by atoms with E-state index in [0.717, 1.165) is 11.6 Å². The minimum absolute atomic E-state index is 0.104. The van der Waals surface area contributed by atoms with Crippen molar-refractivity contribution >= 4 is 23.4 Å². The highest BCUT2D eigenvalue weighted by Crippen LogP contribution is 2.32. The summed E-state index contributed by atoms with van der Waals surface area (Å²) in [5.41, 5.74) is 1.18. The first kappa shape index (κ1) is 20.8. The van der Waals surface area contributed by atoms with Crippen molar-refractivity contribution in [1.29, 1.82) is 0 Å². The summed E-state index contributed by atoms with van der Waals surface area (Å²) in [4.78, 5) is 41.7. The van der Waals surface area contributed by atoms with Crippen LogP contribution in [0.2, 0.25) is 0 Å². The normalized spacial score (nSPS) is 17.8. The molecule has 0 aliphatic carbocycles. The van der Waals surface area contributed by atoms with Crippen LogP contribution < -0.4 is 15.0 Å². The fraction of sp³-hybridized carbons (Fsp3) is 0.348. The van der Waals surface area contributed by atoms with Crippen LogP contribution in [-0.4, -0.2) is 48.4 Å². The standard InChI is InChI=1S/C23H24FN3O4/c1-2-31-20-8-4-3-6-15(20)13-25-21(28)14-27-18-10-9-16(24)12-17(18)22(29)26-11-5-7-19(26)23(27)30/h3-4,6,8-10,12,19H,2,5,7,11,13-14H2,1H3,(H,25,28)/t19-/m0/s1. The van der Waals surface area contributed by atoms with E-state index in [0.29, 0.717) is 31.7 Å². The van der Waals surface area contributed by atoms with Gasteiger partial charge in [-0.15, -0.1) is 0 Å². The molecule has 2 heterocycles. The van der Waals surface area contributed by atoms with Gasteiger partial charge in [-0.25, -0.2) is 4.39 Å². The number of rotatable bonds is 6. The molecule has 2 aromatic carbocycles. The highest BCUT2D eigenvalue weighted by Gasteiger charge is 2.42. The minimum atomic E-state index is -0.630. The maximum absolute atomic E-state index is 13.9. The van der Waals surface area contributed by atoms with Gasteiger partial charge in [0.1, 0.15) is 24.2 Å². The van der Waals surface area contributed by atoms with Gasteiger partial charge in [-0.05, 0) is 44.0 Å². The van der Waals surface area contributed by atoms with E-state index in [-0.39, 0.29) is 42.1 Å². The Balaban J connectivity index is 1.55. The number of fused-ring (bicyclic) bond motifs is 2. The molecular formula is C23H24FN3O4. The summed E-state index contributed by atoms with van der Waals surface area (Å²) in [6.07, 6.45) is 1.22. The second kappa shape index (κ2) is 8.75. The molecule has 1 N–H and O–H groups in total. The molecule has 0 unspecified atom stereocenters. The number of amides is 3. The summed E-state index contributed by atoms with van der Waals surface area (Å²) < 4.78 is 19.5. The number of hydrogen-bond donors (Lipinski definition) is 1. The summed E-state index contributed by atoms with van der Waals surface area (Å²) in [7, 11) is 0. The highest BCUT2D eigenvalue weighted by atomic mass is 19.1. The first-order valence-corrected chi connectivity index (χ1v) is 10.4. The van der Waals surface area contributed by atoms with Crippen LogP contribution in [-0.2, 0) is 16.1 Å². The maximum atomic E-state index is 13.9. The molecule has 0 saturated carbocycles. The molecule has 1 saturated heterocycles. The van der Waals surface area contributed by atoms with E-state index >= 15 is 0 Å². The Morgan fingerprint density at radius 1 is 1.23 bits per heavy atom. The molecule has 2 aliphatic rings. The number of ether oxygens (including phenoxy) is 1. The molecule has 0 radical (unpaired) electrons. The molecule has 0 spiro atoms. The predicted octanol–water partition coefficient (Wildman–Crippen LogP) is 2.49. The molecule has 31 heavy (non-hydrogen) atoms. The van der Waals surface area contributed by atoms with Gasteiger partial charge >= 0.3 is 0 Å². The smallest absolute Gasteiger partial charge is 0.256 e. The van der Waals surface area contributed by atoms with E-state index in [1.165, 1.54) is 21.9 Å². The summed E-state index contributed by atoms with van der Waals surface area (Å²) in [6, 6.07) is 10.5. The minimum Gasteiger partial charge on any atom is -0.494 e. The Morgan fingerprint density at radius 3 is 2.84 bits per heavy atom. The fourth-order valence-electron chi connectivity index (χ4n) is 4.14. The number of carbonyl (C=O) groups excluding carboxylic acids is 3. The molecule has 1 fully saturated rings. The van der Waals surface area contributed by atoms with Crippen LogP contribution in [0.5, 0.6) is 5.75 Å². The molecule has 162 valence electrons. The average Bonchev–Trinajstić information content (AvgIpc) is 3.24. The van der Waals surface area contributed by atoms with E-state index in [2.05, 4.69) is 5.32 Å². The fourth-order valence-corrected chi connectivity index (χ4v) is 4.14. The summed E-state index contributed by atoms with van der Waals surface area (Å²) >= 11 is 0. The van der Waals surface area contributed by atoms with E-state index in [1.54, 1.807) is 0 Å². The Morgan fingerprint density at radius 2 is 2.03 bits per heavy atom. The molecule has 1 atom stereocenters. The zero-order chi connectivity index (χ0) is 22.0. The number of benzene rings is 2. The van der Waals surface area contributed by atoms with Crippen molar-refractivity contribution in [1.82, 2.24) is 10.2 Å². The quantitative estimate of drug-likeness (QED) is 0.771. The average molecular weight is 425 g/mol. The van der Waals surface area contributed by atoms with E-state index in [1.807, 2.05) is 31.2 Å². The van der Waals surface area contributed by atoms with Gasteiger partial charge in [-0.1, -0.05) is 18.2 Å². The van der Waals surface area contributed by atoms with Gasteiger partial charge in [0.25, 0.3) is 5.91 Å². The number of halogens is 1. The largest absolute Gasteiger partial charge is 0.494 e. The Kier molecular flexibility index (Phi) is 5.88. The van der Waals surface area contributed by atoms with E-state index < -0.39 is 11.9 Å². The highest BCUT2D eigenvalue weighted by molar-refractivity contribution is 6.12. The monoisotopic (exact) mass is 425 g/mol. The third-order valence-electron chi connectivity index (χ3n) is 5.59. The van der Waals surface area contributed by atoms with Crippen molar-refractivity contribution < 1.29 is 23.5 Å². The van der Waals surface area contributed by atoms with Crippen LogP contribution in [0.4, 0.5) is 10.1 Å². The van der Waals surface area contributed by atoms with Gasteiger partial charge in [-0.3, -0.25) is 14.4 Å². The van der Waals surface area contributed by atoms with Gasteiger partial charge in [0.15, 0.2) is 0 Å². The van der Waals surface area contributed by atoms with Crippen molar-refractivity contribution in [3.63, 3.8) is 0 Å². The zero-order valence-electron chi connectivity index (χ0n) is 17.3. The van der Waals surface area contributed by atoms with E-state index in [9.17, 15) is 18.8 Å². The molecule has 4 rings (SSSR count). The van der Waals surface area contributed by atoms with Crippen molar-refractivity contribution in [2.24, 2.45) is 0 Å². The molecule has 0 aromatic heterocycles. The number of para-hydroxylation sites is 1. The second-order valence-corrected chi connectivity index (χ2v) is 7.56. The third kappa shape index (κ3) is 4.10. The zero-order valence-corrected chi connectivity index (χ0v) is 17.3. The van der Waals surface area contributed by atoms with Crippen molar-refractivity contribution in [3.05, 3.63) is 59.4 Å². The lowest BCUT2D eigenvalue weighted by Gasteiger charge is -2.25. The number of nitrogens with one attached hydrogen (secondary N) is 1. The van der Waals surface area contributed by atoms with Crippen molar-refractivity contribution in [3.8, 4) is 5.75 Å². The SMILES string of the molecule is CCOc1ccccc1CNC(=O)CN1C(=O)[C@@H]2CCCN2C(=O)c2cc(F)ccc21. The number of nitrogens with zero attached hydrogens (tertiary/aromatic N) is 2. The Labute approximate surface area is 179 Å². The molecule has 2 aliphatic heterocycles. The molecule has 2 aromatic rings. The van der Waals surface area contributed by atoms with Crippen molar-refractivity contribution in [2.75, 3.05) is 24.6 Å². The van der Waals surface area contributed by atoms with Crippen LogP contribution in [0.15, 0.2) is 42.5 Å². The molecule has 7 nitrogen and oxygen atoms in total. The van der Waals surface area contributed by atoms with Gasteiger partial charge < -0.3 is 19.9 Å². The molecular weight excluding hydrogens is 401 g/mol. The summed E-state index contributed by atoms with van der Waals surface area (Å²) in [6.45, 7) is 2.81.